The molecule has 1 saturated heterocycles. The Bertz CT molecular complexity index is 649. The van der Waals surface area contributed by atoms with Crippen LogP contribution in [0.2, 0.25) is 0 Å². The second-order valence-electron chi connectivity index (χ2n) is 4.46. The molecule has 6 nitrogen and oxygen atoms in total. The van der Waals surface area contributed by atoms with Crippen LogP contribution in [-0.2, 0) is 16.3 Å². The van der Waals surface area contributed by atoms with E-state index in [1.54, 1.807) is 0 Å². The molecule has 1 aliphatic heterocycles. The molecule has 1 atom stereocenters. The number of hydrogen-bond acceptors (Lipinski definition) is 7. The smallest absolute Gasteiger partial charge is 0.228 e. The van der Waals surface area contributed by atoms with E-state index in [9.17, 15) is 8.42 Å². The normalized spacial score (nSPS) is 22.4. The van der Waals surface area contributed by atoms with E-state index in [0.717, 1.165) is 4.88 Å². The van der Waals surface area contributed by atoms with E-state index in [2.05, 4.69) is 15.5 Å². The minimum absolute atomic E-state index is 0.129. The molecule has 1 unspecified atom stereocenters. The van der Waals surface area contributed by atoms with E-state index in [1.807, 2.05) is 17.5 Å². The lowest BCUT2D eigenvalue weighted by Crippen LogP contribution is -2.46. The second-order valence-corrected chi connectivity index (χ2v) is 7.63. The number of sulfone groups is 1. The van der Waals surface area contributed by atoms with E-state index in [4.69, 9.17) is 4.52 Å². The van der Waals surface area contributed by atoms with Gasteiger partial charge in [-0.2, -0.15) is 4.98 Å². The van der Waals surface area contributed by atoms with Crippen LogP contribution in [0.3, 0.4) is 0 Å². The van der Waals surface area contributed by atoms with E-state index in [0.29, 0.717) is 24.7 Å². The lowest BCUT2D eigenvalue weighted by Gasteiger charge is -2.21. The van der Waals surface area contributed by atoms with Gasteiger partial charge in [0.2, 0.25) is 11.7 Å². The number of nitrogens with one attached hydrogen (secondary N) is 1. The zero-order valence-electron chi connectivity index (χ0n) is 10.1. The molecule has 3 rings (SSSR count). The summed E-state index contributed by atoms with van der Waals surface area (Å²) in [6, 6.07) is 3.70. The van der Waals surface area contributed by atoms with Crippen LogP contribution in [-0.4, -0.2) is 42.7 Å². The van der Waals surface area contributed by atoms with Gasteiger partial charge in [0.15, 0.2) is 9.84 Å². The lowest BCUT2D eigenvalue weighted by molar-refractivity contribution is 0.361. The quantitative estimate of drug-likeness (QED) is 0.899. The maximum atomic E-state index is 11.5. The molecule has 8 heteroatoms. The molecule has 0 radical (unpaired) electrons. The van der Waals surface area contributed by atoms with Crippen molar-refractivity contribution in [2.45, 2.75) is 12.5 Å². The summed E-state index contributed by atoms with van der Waals surface area (Å²) < 4.78 is 28.2. The van der Waals surface area contributed by atoms with Gasteiger partial charge in [-0.25, -0.2) is 8.42 Å². The highest BCUT2D eigenvalue weighted by atomic mass is 32.2. The molecule has 0 saturated carbocycles. The van der Waals surface area contributed by atoms with E-state index in [-0.39, 0.29) is 17.5 Å². The maximum absolute atomic E-state index is 11.5. The minimum Gasteiger partial charge on any atom is -0.339 e. The highest BCUT2D eigenvalue weighted by Crippen LogP contribution is 2.21. The third kappa shape index (κ3) is 3.02. The summed E-state index contributed by atoms with van der Waals surface area (Å²) >= 11 is 1.54. The van der Waals surface area contributed by atoms with Gasteiger partial charge in [0.05, 0.1) is 16.4 Å². The van der Waals surface area contributed by atoms with Gasteiger partial charge >= 0.3 is 0 Å². The van der Waals surface area contributed by atoms with Gasteiger partial charge in [0.1, 0.15) is 0 Å². The molecule has 2 aromatic rings. The monoisotopic (exact) mass is 299 g/mol. The van der Waals surface area contributed by atoms with Crippen LogP contribution in [0.4, 0.5) is 0 Å². The first kappa shape index (κ1) is 12.8. The molecule has 1 aliphatic rings. The van der Waals surface area contributed by atoms with Crippen molar-refractivity contribution < 1.29 is 12.9 Å². The number of thiophene rings is 1. The van der Waals surface area contributed by atoms with Gasteiger partial charge in [-0.05, 0) is 11.4 Å². The fraction of sp³-hybridized carbons (Fsp3) is 0.455. The zero-order chi connectivity index (χ0) is 13.3. The van der Waals surface area contributed by atoms with Crippen LogP contribution in [0.15, 0.2) is 22.0 Å². The molecule has 1 N–H and O–H groups in total. The van der Waals surface area contributed by atoms with Crippen LogP contribution in [0.5, 0.6) is 0 Å². The molecule has 102 valence electrons. The van der Waals surface area contributed by atoms with Gasteiger partial charge in [-0.3, -0.25) is 0 Å². The average Bonchev–Trinajstić information content (AvgIpc) is 2.96. The van der Waals surface area contributed by atoms with Gasteiger partial charge in [-0.15, -0.1) is 11.3 Å². The van der Waals surface area contributed by atoms with Crippen molar-refractivity contribution >= 4 is 21.2 Å². The van der Waals surface area contributed by atoms with Crippen molar-refractivity contribution in [1.29, 1.82) is 0 Å². The summed E-state index contributed by atoms with van der Waals surface area (Å²) in [5, 5.41) is 9.02. The Morgan fingerprint density at radius 3 is 3.16 bits per heavy atom. The van der Waals surface area contributed by atoms with Crippen LogP contribution in [0.1, 0.15) is 5.89 Å². The molecule has 0 amide bonds. The molecule has 19 heavy (non-hydrogen) atoms. The van der Waals surface area contributed by atoms with Gasteiger partial charge in [-0.1, -0.05) is 11.2 Å². The molecule has 0 aliphatic carbocycles. The summed E-state index contributed by atoms with van der Waals surface area (Å²) in [5.74, 6) is 1.36. The third-order valence-electron chi connectivity index (χ3n) is 2.93. The van der Waals surface area contributed by atoms with Crippen LogP contribution >= 0.6 is 11.3 Å². The number of aromatic nitrogens is 2. The van der Waals surface area contributed by atoms with E-state index < -0.39 is 9.84 Å². The van der Waals surface area contributed by atoms with Gasteiger partial charge in [0.25, 0.3) is 0 Å². The Kier molecular flexibility index (Phi) is 3.38. The first-order chi connectivity index (χ1) is 9.12. The zero-order valence-corrected chi connectivity index (χ0v) is 11.7. The van der Waals surface area contributed by atoms with Crippen molar-refractivity contribution in [1.82, 2.24) is 15.5 Å². The number of rotatable bonds is 3. The summed E-state index contributed by atoms with van der Waals surface area (Å²) in [5.41, 5.74) is 0. The third-order valence-corrected chi connectivity index (χ3v) is 5.53. The molecular formula is C11H13N3O3S2. The summed E-state index contributed by atoms with van der Waals surface area (Å²) in [7, 11) is -2.94. The SMILES string of the molecule is O=S1(=O)CCNC(Cc2nc(-c3cccs3)no2)C1. The Hall–Kier alpha value is -1.25. The highest BCUT2D eigenvalue weighted by molar-refractivity contribution is 7.91. The Morgan fingerprint density at radius 2 is 2.42 bits per heavy atom. The fourth-order valence-corrected chi connectivity index (χ4v) is 4.15. The van der Waals surface area contributed by atoms with E-state index in [1.165, 1.54) is 11.3 Å². The maximum Gasteiger partial charge on any atom is 0.228 e. The Balaban J connectivity index is 1.71. The van der Waals surface area contributed by atoms with Crippen LogP contribution in [0.25, 0.3) is 10.7 Å². The predicted octanol–water partition coefficient (Wildman–Crippen LogP) is 0.727. The number of nitrogens with zero attached hydrogens (tertiary/aromatic N) is 2. The minimum atomic E-state index is -2.94. The van der Waals surface area contributed by atoms with Gasteiger partial charge in [0, 0.05) is 19.0 Å². The Morgan fingerprint density at radius 1 is 1.53 bits per heavy atom. The van der Waals surface area contributed by atoms with Gasteiger partial charge < -0.3 is 9.84 Å². The first-order valence-electron chi connectivity index (χ1n) is 5.93. The first-order valence-corrected chi connectivity index (χ1v) is 8.63. The van der Waals surface area contributed by atoms with Crippen molar-refractivity contribution in [2.75, 3.05) is 18.1 Å². The standard InChI is InChI=1S/C11H13N3O3S2/c15-19(16)5-3-12-8(7-19)6-10-13-11(14-17-10)9-2-1-4-18-9/h1-2,4,8,12H,3,5-7H2. The summed E-state index contributed by atoms with van der Waals surface area (Å²) in [6.45, 7) is 0.485. The fourth-order valence-electron chi connectivity index (χ4n) is 2.05. The summed E-state index contributed by atoms with van der Waals surface area (Å²) in [6.07, 6.45) is 0.442. The number of hydrogen-bond donors (Lipinski definition) is 1. The Labute approximate surface area is 114 Å². The van der Waals surface area contributed by atoms with Crippen molar-refractivity contribution in [3.05, 3.63) is 23.4 Å². The predicted molar refractivity (Wildman–Crippen MR) is 71.8 cm³/mol. The molecule has 0 spiro atoms. The van der Waals surface area contributed by atoms with Crippen molar-refractivity contribution in [2.24, 2.45) is 0 Å². The lowest BCUT2D eigenvalue weighted by atomic mass is 10.2. The molecule has 3 heterocycles. The molecule has 0 aromatic carbocycles. The topological polar surface area (TPSA) is 85.1 Å². The average molecular weight is 299 g/mol. The summed E-state index contributed by atoms with van der Waals surface area (Å²) in [4.78, 5) is 5.24. The van der Waals surface area contributed by atoms with Crippen molar-refractivity contribution in [3.63, 3.8) is 0 Å². The second kappa shape index (κ2) is 5.03. The molecule has 0 bridgehead atoms. The molecule has 2 aromatic heterocycles. The largest absolute Gasteiger partial charge is 0.339 e. The van der Waals surface area contributed by atoms with E-state index >= 15 is 0 Å². The van der Waals surface area contributed by atoms with Crippen molar-refractivity contribution in [3.8, 4) is 10.7 Å². The highest BCUT2D eigenvalue weighted by Gasteiger charge is 2.26. The molecule has 1 fully saturated rings. The molecular weight excluding hydrogens is 286 g/mol. The van der Waals surface area contributed by atoms with Crippen LogP contribution in [0, 0.1) is 0 Å². The van der Waals surface area contributed by atoms with Crippen LogP contribution < -0.4 is 5.32 Å².